The Hall–Kier alpha value is -4.11. The van der Waals surface area contributed by atoms with E-state index < -0.39 is 12.0 Å². The van der Waals surface area contributed by atoms with Gasteiger partial charge >= 0.3 is 6.09 Å². The van der Waals surface area contributed by atoms with E-state index in [-0.39, 0.29) is 12.5 Å². The number of nitrogens with zero attached hydrogens (tertiary/aromatic N) is 1. The topological polar surface area (TPSA) is 94.3 Å². The van der Waals surface area contributed by atoms with Gasteiger partial charge in [0, 0.05) is 36.8 Å². The Morgan fingerprint density at radius 2 is 1.71 bits per heavy atom. The molecule has 6 nitrogen and oxygen atoms in total. The van der Waals surface area contributed by atoms with Gasteiger partial charge in [-0.05, 0) is 28.3 Å². The second kappa shape index (κ2) is 9.14. The summed E-state index contributed by atoms with van der Waals surface area (Å²) in [4.78, 5) is 27.2. The van der Waals surface area contributed by atoms with E-state index in [1.807, 2.05) is 24.3 Å². The molecule has 1 aliphatic rings. The zero-order valence-corrected chi connectivity index (χ0v) is 16.8. The number of fused-ring (bicyclic) bond motifs is 3. The second-order valence-electron chi connectivity index (χ2n) is 7.13. The number of pyridine rings is 1. The zero-order valence-electron chi connectivity index (χ0n) is 16.8. The van der Waals surface area contributed by atoms with E-state index in [2.05, 4.69) is 46.4 Å². The Kier molecular flexibility index (Phi) is 5.95. The van der Waals surface area contributed by atoms with Crippen LogP contribution in [-0.4, -0.2) is 30.1 Å². The standard InChI is InChI=1S/C25H21N3O3/c26-24(29)18-13-17(14-27-15-18)7-5-6-12-28-25(30)31-16-23-21-10-3-1-8-19(21)20-9-2-4-11-22(20)23/h1-4,8-11,13-15,23H,6,12,16H2,(H2,26,29)(H,28,30). The number of aromatic nitrogens is 1. The molecule has 6 heteroatoms. The Bertz CT molecular complexity index is 1150. The van der Waals surface area contributed by atoms with Gasteiger partial charge in [0.1, 0.15) is 6.61 Å². The maximum Gasteiger partial charge on any atom is 0.407 e. The summed E-state index contributed by atoms with van der Waals surface area (Å²) in [6, 6.07) is 18.0. The number of carbonyl (C=O) groups is 2. The molecule has 4 rings (SSSR count). The molecule has 1 aliphatic carbocycles. The van der Waals surface area contributed by atoms with Crippen LogP contribution in [0.2, 0.25) is 0 Å². The third kappa shape index (κ3) is 4.57. The van der Waals surface area contributed by atoms with Crippen molar-refractivity contribution in [3.8, 4) is 23.0 Å². The molecule has 0 bridgehead atoms. The Balaban J connectivity index is 1.28. The van der Waals surface area contributed by atoms with Gasteiger partial charge in [-0.25, -0.2) is 4.79 Å². The molecule has 3 aromatic rings. The van der Waals surface area contributed by atoms with E-state index in [0.717, 1.165) is 0 Å². The Morgan fingerprint density at radius 1 is 1.03 bits per heavy atom. The lowest BCUT2D eigenvalue weighted by molar-refractivity contribution is 0.0999. The minimum absolute atomic E-state index is 0.0305. The normalized spacial score (nSPS) is 11.6. The first-order valence-corrected chi connectivity index (χ1v) is 9.96. The number of nitrogens with one attached hydrogen (secondary N) is 1. The number of rotatable bonds is 5. The molecule has 1 aromatic heterocycles. The van der Waals surface area contributed by atoms with Crippen molar-refractivity contribution < 1.29 is 14.3 Å². The van der Waals surface area contributed by atoms with Gasteiger partial charge in [0.05, 0.1) is 5.56 Å². The average Bonchev–Trinajstić information content (AvgIpc) is 3.11. The molecule has 3 N–H and O–H groups in total. The van der Waals surface area contributed by atoms with Gasteiger partial charge in [-0.15, -0.1) is 0 Å². The van der Waals surface area contributed by atoms with Gasteiger partial charge in [0.25, 0.3) is 0 Å². The molecular formula is C25H21N3O3. The smallest absolute Gasteiger partial charge is 0.407 e. The summed E-state index contributed by atoms with van der Waals surface area (Å²) in [5.74, 6) is 5.32. The number of alkyl carbamates (subject to hydrolysis) is 1. The average molecular weight is 411 g/mol. The first-order chi connectivity index (χ1) is 15.1. The van der Waals surface area contributed by atoms with Gasteiger partial charge in [-0.3, -0.25) is 9.78 Å². The third-order valence-corrected chi connectivity index (χ3v) is 5.12. The van der Waals surface area contributed by atoms with Crippen LogP contribution < -0.4 is 11.1 Å². The van der Waals surface area contributed by atoms with Crippen LogP contribution in [-0.2, 0) is 4.74 Å². The lowest BCUT2D eigenvalue weighted by atomic mass is 9.98. The number of hydrogen-bond acceptors (Lipinski definition) is 4. The summed E-state index contributed by atoms with van der Waals surface area (Å²) >= 11 is 0. The molecule has 0 saturated carbocycles. The van der Waals surface area contributed by atoms with Crippen LogP contribution in [0.3, 0.4) is 0 Å². The highest BCUT2D eigenvalue weighted by molar-refractivity contribution is 5.92. The van der Waals surface area contributed by atoms with Gasteiger partial charge in [-0.1, -0.05) is 60.4 Å². The fourth-order valence-corrected chi connectivity index (χ4v) is 3.68. The van der Waals surface area contributed by atoms with Gasteiger partial charge in [0.2, 0.25) is 5.91 Å². The molecule has 0 fully saturated rings. The Morgan fingerprint density at radius 3 is 2.39 bits per heavy atom. The van der Waals surface area contributed by atoms with Crippen molar-refractivity contribution in [2.75, 3.05) is 13.2 Å². The van der Waals surface area contributed by atoms with Crippen LogP contribution >= 0.6 is 0 Å². The molecule has 31 heavy (non-hydrogen) atoms. The molecule has 154 valence electrons. The van der Waals surface area contributed by atoms with Crippen molar-refractivity contribution in [2.24, 2.45) is 5.73 Å². The molecule has 0 aliphatic heterocycles. The highest BCUT2D eigenvalue weighted by Crippen LogP contribution is 2.44. The fourth-order valence-electron chi connectivity index (χ4n) is 3.68. The maximum atomic E-state index is 12.1. The molecule has 0 spiro atoms. The molecule has 1 heterocycles. The predicted octanol–water partition coefficient (Wildman–Crippen LogP) is 3.46. The van der Waals surface area contributed by atoms with E-state index in [1.54, 1.807) is 12.3 Å². The number of benzene rings is 2. The first-order valence-electron chi connectivity index (χ1n) is 9.96. The van der Waals surface area contributed by atoms with Crippen LogP contribution in [0.25, 0.3) is 11.1 Å². The lowest BCUT2D eigenvalue weighted by Crippen LogP contribution is -2.26. The fraction of sp³-hybridized carbons (Fsp3) is 0.160. The first kappa shape index (κ1) is 20.2. The third-order valence-electron chi connectivity index (χ3n) is 5.12. The summed E-state index contributed by atoms with van der Waals surface area (Å²) in [7, 11) is 0. The zero-order chi connectivity index (χ0) is 21.6. The van der Waals surface area contributed by atoms with Gasteiger partial charge < -0.3 is 15.8 Å². The van der Waals surface area contributed by atoms with Gasteiger partial charge in [0.15, 0.2) is 0 Å². The number of ether oxygens (including phenoxy) is 1. The lowest BCUT2D eigenvalue weighted by Gasteiger charge is -2.14. The van der Waals surface area contributed by atoms with E-state index >= 15 is 0 Å². The quantitative estimate of drug-likeness (QED) is 0.497. The van der Waals surface area contributed by atoms with Crippen LogP contribution in [0, 0.1) is 11.8 Å². The number of nitrogens with two attached hydrogens (primary N) is 1. The van der Waals surface area contributed by atoms with Crippen molar-refractivity contribution in [1.29, 1.82) is 0 Å². The van der Waals surface area contributed by atoms with E-state index in [9.17, 15) is 9.59 Å². The van der Waals surface area contributed by atoms with Crippen LogP contribution in [0.4, 0.5) is 4.79 Å². The highest BCUT2D eigenvalue weighted by atomic mass is 16.5. The molecule has 0 unspecified atom stereocenters. The van der Waals surface area contributed by atoms with Crippen LogP contribution in [0.1, 0.15) is 39.4 Å². The summed E-state index contributed by atoms with van der Waals surface area (Å²) in [5, 5.41) is 2.72. The number of primary amides is 1. The molecule has 2 aromatic carbocycles. The summed E-state index contributed by atoms with van der Waals surface area (Å²) in [6.07, 6.45) is 2.91. The number of hydrogen-bond donors (Lipinski definition) is 2. The van der Waals surface area contributed by atoms with Crippen LogP contribution in [0.5, 0.6) is 0 Å². The number of carbonyl (C=O) groups excluding carboxylic acids is 2. The molecule has 2 amide bonds. The SMILES string of the molecule is NC(=O)c1cncc(C#CCCNC(=O)OCC2c3ccccc3-c3ccccc32)c1. The highest BCUT2D eigenvalue weighted by Gasteiger charge is 2.28. The summed E-state index contributed by atoms with van der Waals surface area (Å²) in [5.41, 5.74) is 10.9. The van der Waals surface area contributed by atoms with E-state index in [0.29, 0.717) is 24.1 Å². The number of amides is 2. The van der Waals surface area contributed by atoms with Crippen molar-refractivity contribution in [3.63, 3.8) is 0 Å². The van der Waals surface area contributed by atoms with Crippen molar-refractivity contribution in [2.45, 2.75) is 12.3 Å². The molecule has 0 atom stereocenters. The van der Waals surface area contributed by atoms with Gasteiger partial charge in [-0.2, -0.15) is 0 Å². The van der Waals surface area contributed by atoms with Crippen molar-refractivity contribution >= 4 is 12.0 Å². The summed E-state index contributed by atoms with van der Waals surface area (Å²) < 4.78 is 5.49. The van der Waals surface area contributed by atoms with Crippen LogP contribution in [0.15, 0.2) is 67.0 Å². The largest absolute Gasteiger partial charge is 0.449 e. The van der Waals surface area contributed by atoms with Crippen molar-refractivity contribution in [3.05, 3.63) is 89.2 Å². The predicted molar refractivity (Wildman–Crippen MR) is 117 cm³/mol. The summed E-state index contributed by atoms with van der Waals surface area (Å²) in [6.45, 7) is 0.629. The molecule has 0 saturated heterocycles. The second-order valence-corrected chi connectivity index (χ2v) is 7.13. The van der Waals surface area contributed by atoms with Crippen molar-refractivity contribution in [1.82, 2.24) is 10.3 Å². The Labute approximate surface area is 180 Å². The monoisotopic (exact) mass is 411 g/mol. The molecule has 0 radical (unpaired) electrons. The minimum Gasteiger partial charge on any atom is -0.449 e. The minimum atomic E-state index is -0.548. The van der Waals surface area contributed by atoms with E-state index in [1.165, 1.54) is 28.5 Å². The maximum absolute atomic E-state index is 12.1. The van der Waals surface area contributed by atoms with E-state index in [4.69, 9.17) is 10.5 Å². The molecular weight excluding hydrogens is 390 g/mol.